The second-order valence-electron chi connectivity index (χ2n) is 4.40. The largest absolute Gasteiger partial charge is 0.263 e. The monoisotopic (exact) mass is 269 g/mol. The Hall–Kier alpha value is -1.94. The Labute approximate surface area is 116 Å². The number of nitrogens with zero attached hydrogens (tertiary/aromatic N) is 2. The van der Waals surface area contributed by atoms with Crippen LogP contribution in [-0.2, 0) is 12.8 Å². The van der Waals surface area contributed by atoms with Crippen LogP contribution in [0.1, 0.15) is 17.1 Å². The predicted octanol–water partition coefficient (Wildman–Crippen LogP) is 3.71. The van der Waals surface area contributed by atoms with E-state index in [9.17, 15) is 0 Å². The van der Waals surface area contributed by atoms with Gasteiger partial charge in [0.15, 0.2) is 5.82 Å². The molecule has 0 saturated carbocycles. The quantitative estimate of drug-likeness (QED) is 0.767. The van der Waals surface area contributed by atoms with Gasteiger partial charge in [0.05, 0.1) is 0 Å². The summed E-state index contributed by atoms with van der Waals surface area (Å²) in [7, 11) is 0. The van der Waals surface area contributed by atoms with Gasteiger partial charge < -0.3 is 0 Å². The second-order valence-corrected chi connectivity index (χ2v) is 5.44. The molecule has 0 radical (unpaired) electrons. The minimum Gasteiger partial charge on any atom is -0.263 e. The molecule has 96 valence electrons. The van der Waals surface area contributed by atoms with Crippen LogP contribution in [-0.4, -0.2) is 15.2 Å². The summed E-state index contributed by atoms with van der Waals surface area (Å²) in [6.07, 6.45) is 3.15. The van der Waals surface area contributed by atoms with Gasteiger partial charge in [-0.3, -0.25) is 5.10 Å². The molecular weight excluding hydrogens is 254 g/mol. The van der Waals surface area contributed by atoms with Gasteiger partial charge in [-0.2, -0.15) is 5.10 Å². The highest BCUT2D eigenvalue weighted by molar-refractivity contribution is 7.09. The van der Waals surface area contributed by atoms with Crippen molar-refractivity contribution in [2.24, 2.45) is 0 Å². The predicted molar refractivity (Wildman–Crippen MR) is 78.2 cm³/mol. The summed E-state index contributed by atoms with van der Waals surface area (Å²) >= 11 is 1.81. The third-order valence-electron chi connectivity index (χ3n) is 2.98. The molecule has 0 atom stereocenters. The fourth-order valence-corrected chi connectivity index (χ4v) is 2.76. The topological polar surface area (TPSA) is 41.6 Å². The number of aryl methyl sites for hydroxylation is 2. The summed E-state index contributed by atoms with van der Waals surface area (Å²) in [5.41, 5.74) is 1.06. The Morgan fingerprint density at radius 1 is 1.00 bits per heavy atom. The molecule has 0 aliphatic heterocycles. The number of thiophene rings is 1. The minimum atomic E-state index is 0.784. The first-order valence-electron chi connectivity index (χ1n) is 6.41. The summed E-state index contributed by atoms with van der Waals surface area (Å²) in [5, 5.41) is 9.42. The maximum absolute atomic E-state index is 4.54. The number of aromatic nitrogens is 3. The molecule has 0 unspecified atom stereocenters. The number of benzene rings is 1. The molecule has 3 nitrogen and oxygen atoms in total. The highest BCUT2D eigenvalue weighted by Gasteiger charge is 2.05. The summed E-state index contributed by atoms with van der Waals surface area (Å²) < 4.78 is 0. The standard InChI is InChI=1S/C15H15N3S/c1-2-6-12(7-3-1)15-16-14(17-18-15)10-4-8-13-9-5-11-19-13/h1-3,5-7,9,11H,4,8,10H2,(H,16,17,18). The molecule has 3 rings (SSSR count). The third-order valence-corrected chi connectivity index (χ3v) is 3.92. The van der Waals surface area contributed by atoms with Crippen molar-refractivity contribution in [1.82, 2.24) is 15.2 Å². The van der Waals surface area contributed by atoms with Gasteiger partial charge in [0, 0.05) is 16.9 Å². The Kier molecular flexibility index (Phi) is 3.70. The lowest BCUT2D eigenvalue weighted by Gasteiger charge is -1.95. The summed E-state index contributed by atoms with van der Waals surface area (Å²) in [6.45, 7) is 0. The number of nitrogens with one attached hydrogen (secondary N) is 1. The van der Waals surface area contributed by atoms with Crippen molar-refractivity contribution in [3.05, 3.63) is 58.5 Å². The van der Waals surface area contributed by atoms with E-state index in [2.05, 4.69) is 32.7 Å². The van der Waals surface area contributed by atoms with Crippen molar-refractivity contribution in [1.29, 1.82) is 0 Å². The Morgan fingerprint density at radius 2 is 1.89 bits per heavy atom. The minimum absolute atomic E-state index is 0.784. The van der Waals surface area contributed by atoms with Gasteiger partial charge in [0.1, 0.15) is 5.82 Å². The third kappa shape index (κ3) is 3.09. The molecule has 1 aromatic carbocycles. The smallest absolute Gasteiger partial charge is 0.181 e. The van der Waals surface area contributed by atoms with E-state index in [-0.39, 0.29) is 0 Å². The maximum Gasteiger partial charge on any atom is 0.181 e. The molecular formula is C15H15N3S. The molecule has 2 heterocycles. The molecule has 0 aliphatic rings. The number of H-pyrrole nitrogens is 1. The van der Waals surface area contributed by atoms with Crippen molar-refractivity contribution in [2.75, 3.05) is 0 Å². The van der Waals surface area contributed by atoms with Gasteiger partial charge in [0.25, 0.3) is 0 Å². The lowest BCUT2D eigenvalue weighted by Crippen LogP contribution is -1.90. The van der Waals surface area contributed by atoms with E-state index >= 15 is 0 Å². The normalized spacial score (nSPS) is 10.7. The molecule has 4 heteroatoms. The van der Waals surface area contributed by atoms with E-state index in [0.29, 0.717) is 0 Å². The number of hydrogen-bond donors (Lipinski definition) is 1. The van der Waals surface area contributed by atoms with Gasteiger partial charge >= 0.3 is 0 Å². The first-order chi connectivity index (χ1) is 9.42. The van der Waals surface area contributed by atoms with Crippen LogP contribution in [0, 0.1) is 0 Å². The van der Waals surface area contributed by atoms with Crippen LogP contribution < -0.4 is 0 Å². The molecule has 0 spiro atoms. The average Bonchev–Trinajstić information content (AvgIpc) is 3.11. The zero-order valence-electron chi connectivity index (χ0n) is 10.5. The maximum atomic E-state index is 4.54. The van der Waals surface area contributed by atoms with Crippen LogP contribution >= 0.6 is 11.3 Å². The highest BCUT2D eigenvalue weighted by atomic mass is 32.1. The van der Waals surface area contributed by atoms with E-state index in [4.69, 9.17) is 0 Å². The highest BCUT2D eigenvalue weighted by Crippen LogP contribution is 2.15. The lowest BCUT2D eigenvalue weighted by atomic mass is 10.2. The Morgan fingerprint density at radius 3 is 2.68 bits per heavy atom. The molecule has 2 aromatic heterocycles. The van der Waals surface area contributed by atoms with Crippen molar-refractivity contribution in [2.45, 2.75) is 19.3 Å². The molecule has 0 amide bonds. The zero-order valence-corrected chi connectivity index (χ0v) is 11.4. The first kappa shape index (κ1) is 12.1. The van der Waals surface area contributed by atoms with Gasteiger partial charge in [0.2, 0.25) is 0 Å². The second kappa shape index (κ2) is 5.80. The summed E-state index contributed by atoms with van der Waals surface area (Å²) in [6, 6.07) is 14.3. The Balaban J connectivity index is 1.59. The molecule has 0 bridgehead atoms. The molecule has 0 fully saturated rings. The van der Waals surface area contributed by atoms with Crippen molar-refractivity contribution < 1.29 is 0 Å². The average molecular weight is 269 g/mol. The number of rotatable bonds is 5. The van der Waals surface area contributed by atoms with Gasteiger partial charge in [-0.1, -0.05) is 36.4 Å². The van der Waals surface area contributed by atoms with Gasteiger partial charge in [-0.15, -0.1) is 11.3 Å². The SMILES string of the molecule is c1ccc(-c2n[nH]c(CCCc3cccs3)n2)cc1. The van der Waals surface area contributed by atoms with Crippen LogP contribution in [0.15, 0.2) is 47.8 Å². The van der Waals surface area contributed by atoms with Crippen LogP contribution in [0.4, 0.5) is 0 Å². The van der Waals surface area contributed by atoms with Crippen LogP contribution in [0.2, 0.25) is 0 Å². The van der Waals surface area contributed by atoms with Crippen molar-refractivity contribution in [3.63, 3.8) is 0 Å². The molecule has 1 N–H and O–H groups in total. The van der Waals surface area contributed by atoms with E-state index in [1.807, 2.05) is 41.7 Å². The van der Waals surface area contributed by atoms with Crippen molar-refractivity contribution >= 4 is 11.3 Å². The molecule has 19 heavy (non-hydrogen) atoms. The number of hydrogen-bond acceptors (Lipinski definition) is 3. The molecule has 0 aliphatic carbocycles. The van der Waals surface area contributed by atoms with Crippen LogP contribution in [0.3, 0.4) is 0 Å². The number of aromatic amines is 1. The van der Waals surface area contributed by atoms with Gasteiger partial charge in [-0.25, -0.2) is 4.98 Å². The summed E-state index contributed by atoms with van der Waals surface area (Å²) in [4.78, 5) is 5.97. The molecule has 3 aromatic rings. The lowest BCUT2D eigenvalue weighted by molar-refractivity contribution is 0.782. The molecule has 0 saturated heterocycles. The van der Waals surface area contributed by atoms with Crippen molar-refractivity contribution in [3.8, 4) is 11.4 Å². The summed E-state index contributed by atoms with van der Waals surface area (Å²) in [5.74, 6) is 1.75. The van der Waals surface area contributed by atoms with E-state index in [1.54, 1.807) is 0 Å². The van der Waals surface area contributed by atoms with Crippen LogP contribution in [0.5, 0.6) is 0 Å². The van der Waals surface area contributed by atoms with E-state index < -0.39 is 0 Å². The van der Waals surface area contributed by atoms with Crippen LogP contribution in [0.25, 0.3) is 11.4 Å². The first-order valence-corrected chi connectivity index (χ1v) is 7.29. The van der Waals surface area contributed by atoms with E-state index in [0.717, 1.165) is 36.5 Å². The fraction of sp³-hybridized carbons (Fsp3) is 0.200. The van der Waals surface area contributed by atoms with E-state index in [1.165, 1.54) is 4.88 Å². The Bertz CT molecular complexity index is 614. The fourth-order valence-electron chi connectivity index (χ4n) is 2.01. The van der Waals surface area contributed by atoms with Gasteiger partial charge in [-0.05, 0) is 24.3 Å². The zero-order chi connectivity index (χ0) is 12.9.